The van der Waals surface area contributed by atoms with Gasteiger partial charge in [0.15, 0.2) is 0 Å². The van der Waals surface area contributed by atoms with Crippen LogP contribution in [0, 0.1) is 0 Å². The molecule has 18 heavy (non-hydrogen) atoms. The zero-order valence-corrected chi connectivity index (χ0v) is 12.7. The fourth-order valence-electron chi connectivity index (χ4n) is 2.31. The molecule has 1 aromatic rings. The molecular formula is C14H20ClNOS. The van der Waals surface area contributed by atoms with Gasteiger partial charge in [0.05, 0.1) is 4.75 Å². The summed E-state index contributed by atoms with van der Waals surface area (Å²) in [4.78, 5) is 0. The van der Waals surface area contributed by atoms with Crippen molar-refractivity contribution in [3.63, 3.8) is 0 Å². The lowest BCUT2D eigenvalue weighted by molar-refractivity contribution is 0.416. The van der Waals surface area contributed by atoms with E-state index in [2.05, 4.69) is 4.31 Å². The van der Waals surface area contributed by atoms with Crippen LogP contribution in [0.5, 0.6) is 0 Å². The Balaban J connectivity index is 2.22. The van der Waals surface area contributed by atoms with E-state index in [1.165, 1.54) is 5.56 Å². The van der Waals surface area contributed by atoms with Gasteiger partial charge in [-0.15, -0.1) is 0 Å². The van der Waals surface area contributed by atoms with Crippen LogP contribution in [-0.2, 0) is 11.0 Å². The van der Waals surface area contributed by atoms with Crippen molar-refractivity contribution >= 4 is 22.6 Å². The number of benzene rings is 1. The molecule has 100 valence electrons. The largest absolute Gasteiger partial charge is 0.242 e. The van der Waals surface area contributed by atoms with Gasteiger partial charge in [-0.1, -0.05) is 23.7 Å². The Morgan fingerprint density at radius 1 is 1.28 bits per heavy atom. The van der Waals surface area contributed by atoms with Crippen molar-refractivity contribution in [1.29, 1.82) is 0 Å². The Bertz CT molecular complexity index is 438. The Labute approximate surface area is 117 Å². The molecule has 1 aliphatic heterocycles. The maximum Gasteiger partial charge on any atom is 0.100 e. The van der Waals surface area contributed by atoms with E-state index in [0.29, 0.717) is 0 Å². The van der Waals surface area contributed by atoms with Crippen molar-refractivity contribution in [2.24, 2.45) is 0 Å². The summed E-state index contributed by atoms with van der Waals surface area (Å²) in [6.07, 6.45) is 2.18. The van der Waals surface area contributed by atoms with E-state index in [1.54, 1.807) is 0 Å². The van der Waals surface area contributed by atoms with Crippen molar-refractivity contribution in [2.75, 3.05) is 6.54 Å². The van der Waals surface area contributed by atoms with Gasteiger partial charge in [-0.25, -0.2) is 8.51 Å². The third-order valence-electron chi connectivity index (χ3n) is 3.20. The molecule has 1 unspecified atom stereocenters. The lowest BCUT2D eigenvalue weighted by atomic mass is 10.1. The van der Waals surface area contributed by atoms with Crippen molar-refractivity contribution in [3.05, 3.63) is 34.9 Å². The van der Waals surface area contributed by atoms with E-state index in [0.717, 1.165) is 24.4 Å². The summed E-state index contributed by atoms with van der Waals surface area (Å²) in [5.41, 5.74) is 1.22. The minimum absolute atomic E-state index is 0.199. The first-order valence-corrected chi connectivity index (χ1v) is 7.82. The minimum atomic E-state index is -0.948. The van der Waals surface area contributed by atoms with Crippen LogP contribution in [0.15, 0.2) is 24.3 Å². The predicted molar refractivity (Wildman–Crippen MR) is 78.0 cm³/mol. The van der Waals surface area contributed by atoms with Crippen LogP contribution >= 0.6 is 11.6 Å². The maximum absolute atomic E-state index is 12.5. The van der Waals surface area contributed by atoms with E-state index >= 15 is 0 Å². The van der Waals surface area contributed by atoms with Gasteiger partial charge in [-0.05, 0) is 51.3 Å². The molecule has 0 bridgehead atoms. The van der Waals surface area contributed by atoms with Gasteiger partial charge < -0.3 is 0 Å². The number of nitrogens with zero attached hydrogens (tertiary/aromatic N) is 1. The molecule has 4 heteroatoms. The summed E-state index contributed by atoms with van der Waals surface area (Å²) < 4.78 is 14.5. The lowest BCUT2D eigenvalue weighted by Crippen LogP contribution is -2.37. The number of halogens is 1. The molecule has 2 atom stereocenters. The third kappa shape index (κ3) is 2.95. The standard InChI is InChI=1S/C14H20ClNOS/c1-14(2,3)18(17)16-10-4-5-13(16)11-6-8-12(15)9-7-11/h6-9,13H,4-5,10H2,1-3H3/t13-,18?/m1/s1. The van der Waals surface area contributed by atoms with Crippen molar-refractivity contribution in [3.8, 4) is 0 Å². The quantitative estimate of drug-likeness (QED) is 0.806. The molecule has 0 spiro atoms. The van der Waals surface area contributed by atoms with Gasteiger partial charge in [-0.3, -0.25) is 0 Å². The highest BCUT2D eigenvalue weighted by atomic mass is 35.5. The van der Waals surface area contributed by atoms with Gasteiger partial charge in [0, 0.05) is 17.6 Å². The van der Waals surface area contributed by atoms with E-state index in [1.807, 2.05) is 45.0 Å². The summed E-state index contributed by atoms with van der Waals surface area (Å²) in [5, 5.41) is 0.750. The Morgan fingerprint density at radius 2 is 1.89 bits per heavy atom. The van der Waals surface area contributed by atoms with Crippen LogP contribution in [0.2, 0.25) is 5.02 Å². The monoisotopic (exact) mass is 285 g/mol. The fraction of sp³-hybridized carbons (Fsp3) is 0.571. The van der Waals surface area contributed by atoms with Crippen molar-refractivity contribution in [2.45, 2.75) is 44.4 Å². The van der Waals surface area contributed by atoms with E-state index in [-0.39, 0.29) is 10.8 Å². The summed E-state index contributed by atoms with van der Waals surface area (Å²) in [6.45, 7) is 7.00. The Morgan fingerprint density at radius 3 is 2.44 bits per heavy atom. The first-order valence-electron chi connectivity index (χ1n) is 6.34. The van der Waals surface area contributed by atoms with Gasteiger partial charge in [0.25, 0.3) is 0 Å². The molecule has 2 rings (SSSR count). The lowest BCUT2D eigenvalue weighted by Gasteiger charge is -2.30. The molecule has 0 radical (unpaired) electrons. The topological polar surface area (TPSA) is 20.3 Å². The second-order valence-corrected chi connectivity index (χ2v) is 8.34. The summed E-state index contributed by atoms with van der Waals surface area (Å²) in [5.74, 6) is 0. The molecular weight excluding hydrogens is 266 g/mol. The molecule has 0 amide bonds. The van der Waals surface area contributed by atoms with Crippen LogP contribution < -0.4 is 0 Å². The molecule has 0 saturated carbocycles. The molecule has 0 N–H and O–H groups in total. The van der Waals surface area contributed by atoms with Gasteiger partial charge in [0.2, 0.25) is 0 Å². The zero-order valence-electron chi connectivity index (χ0n) is 11.1. The van der Waals surface area contributed by atoms with E-state index in [4.69, 9.17) is 11.6 Å². The highest BCUT2D eigenvalue weighted by Gasteiger charge is 2.35. The average Bonchev–Trinajstić information content (AvgIpc) is 2.76. The molecule has 1 aliphatic rings. The van der Waals surface area contributed by atoms with Crippen LogP contribution in [0.3, 0.4) is 0 Å². The Kier molecular flexibility index (Phi) is 4.15. The normalized spacial score (nSPS) is 23.2. The van der Waals surface area contributed by atoms with Gasteiger partial charge in [0.1, 0.15) is 11.0 Å². The molecule has 1 saturated heterocycles. The fourth-order valence-corrected chi connectivity index (χ4v) is 3.89. The number of rotatable bonds is 2. The van der Waals surface area contributed by atoms with Gasteiger partial charge in [-0.2, -0.15) is 0 Å². The highest BCUT2D eigenvalue weighted by molar-refractivity contribution is 7.84. The number of hydrogen-bond acceptors (Lipinski definition) is 1. The third-order valence-corrected chi connectivity index (χ3v) is 5.36. The SMILES string of the molecule is CC(C)(C)S(=O)N1CCC[C@@H]1c1ccc(Cl)cc1. The number of hydrogen-bond donors (Lipinski definition) is 0. The smallest absolute Gasteiger partial charge is 0.100 e. The molecule has 1 aromatic carbocycles. The summed E-state index contributed by atoms with van der Waals surface area (Å²) in [7, 11) is -0.948. The average molecular weight is 286 g/mol. The van der Waals surface area contributed by atoms with Crippen LogP contribution in [0.1, 0.15) is 45.2 Å². The maximum atomic E-state index is 12.5. The first-order chi connectivity index (χ1) is 8.39. The summed E-state index contributed by atoms with van der Waals surface area (Å²) >= 11 is 5.92. The second-order valence-electron chi connectivity index (χ2n) is 5.71. The highest BCUT2D eigenvalue weighted by Crippen LogP contribution is 2.36. The van der Waals surface area contributed by atoms with E-state index in [9.17, 15) is 4.21 Å². The first kappa shape index (κ1) is 14.0. The minimum Gasteiger partial charge on any atom is -0.242 e. The molecule has 1 heterocycles. The molecule has 2 nitrogen and oxygen atoms in total. The molecule has 0 aliphatic carbocycles. The van der Waals surface area contributed by atoms with Crippen molar-refractivity contribution in [1.82, 2.24) is 4.31 Å². The van der Waals surface area contributed by atoms with Gasteiger partial charge >= 0.3 is 0 Å². The van der Waals surface area contributed by atoms with Crippen LogP contribution in [-0.4, -0.2) is 19.8 Å². The Hall–Kier alpha value is -0.380. The predicted octanol–water partition coefficient (Wildman–Crippen LogP) is 3.94. The zero-order chi connectivity index (χ0) is 13.3. The van der Waals surface area contributed by atoms with E-state index < -0.39 is 11.0 Å². The van der Waals surface area contributed by atoms with Crippen molar-refractivity contribution < 1.29 is 4.21 Å². The second kappa shape index (κ2) is 5.32. The van der Waals surface area contributed by atoms with Crippen LogP contribution in [0.4, 0.5) is 0 Å². The van der Waals surface area contributed by atoms with Crippen LogP contribution in [0.25, 0.3) is 0 Å². The summed E-state index contributed by atoms with van der Waals surface area (Å²) in [6, 6.07) is 8.18. The molecule has 1 fully saturated rings. The molecule has 0 aromatic heterocycles.